The minimum absolute atomic E-state index is 0.0226. The third-order valence-electron chi connectivity index (χ3n) is 4.84. The Kier molecular flexibility index (Phi) is 5.23. The third kappa shape index (κ3) is 4.10. The van der Waals surface area contributed by atoms with Gasteiger partial charge < -0.3 is 10.6 Å². The van der Waals surface area contributed by atoms with Crippen molar-refractivity contribution in [2.75, 3.05) is 11.9 Å². The van der Waals surface area contributed by atoms with Gasteiger partial charge in [0, 0.05) is 10.6 Å². The monoisotopic (exact) mass is 356 g/mol. The van der Waals surface area contributed by atoms with Crippen LogP contribution in [0.5, 0.6) is 0 Å². The molecule has 25 heavy (non-hydrogen) atoms. The van der Waals surface area contributed by atoms with Crippen LogP contribution in [0.1, 0.15) is 44.6 Å². The van der Waals surface area contributed by atoms with Crippen LogP contribution in [0.3, 0.4) is 0 Å². The quantitative estimate of drug-likeness (QED) is 0.874. The van der Waals surface area contributed by atoms with E-state index in [2.05, 4.69) is 17.6 Å². The molecule has 4 nitrogen and oxygen atoms in total. The lowest BCUT2D eigenvalue weighted by molar-refractivity contribution is -0.115. The molecule has 2 aromatic rings. The van der Waals surface area contributed by atoms with Crippen LogP contribution in [0, 0.1) is 19.8 Å². The average Bonchev–Trinajstić information content (AvgIpc) is 3.00. The van der Waals surface area contributed by atoms with E-state index >= 15 is 0 Å². The molecule has 5 heteroatoms. The molecule has 0 radical (unpaired) electrons. The van der Waals surface area contributed by atoms with Crippen molar-refractivity contribution >= 4 is 28.8 Å². The van der Waals surface area contributed by atoms with Gasteiger partial charge in [-0.15, -0.1) is 11.3 Å². The molecule has 0 bridgehead atoms. The van der Waals surface area contributed by atoms with Crippen molar-refractivity contribution in [3.05, 3.63) is 50.7 Å². The molecular weight excluding hydrogens is 332 g/mol. The molecule has 3 rings (SSSR count). The molecule has 1 aliphatic rings. The number of benzene rings is 1. The number of thiophene rings is 1. The van der Waals surface area contributed by atoms with Gasteiger partial charge in [-0.1, -0.05) is 19.1 Å². The zero-order valence-corrected chi connectivity index (χ0v) is 15.8. The van der Waals surface area contributed by atoms with Gasteiger partial charge in [-0.3, -0.25) is 9.59 Å². The van der Waals surface area contributed by atoms with Gasteiger partial charge in [0.25, 0.3) is 5.91 Å². The maximum Gasteiger partial charge on any atom is 0.261 e. The zero-order chi connectivity index (χ0) is 18.0. The molecule has 1 aromatic carbocycles. The maximum absolute atomic E-state index is 12.3. The molecular formula is C20H24N2O2S. The fourth-order valence-electron chi connectivity index (χ4n) is 3.15. The topological polar surface area (TPSA) is 58.2 Å². The van der Waals surface area contributed by atoms with Gasteiger partial charge in [0.1, 0.15) is 0 Å². The summed E-state index contributed by atoms with van der Waals surface area (Å²) in [6.07, 6.45) is 3.29. The Morgan fingerprint density at radius 2 is 2.08 bits per heavy atom. The minimum Gasteiger partial charge on any atom is -0.342 e. The SMILES string of the molecule is Cc1cccc(NC(=O)CNC(=O)c2cc3c(s2)CC[C@H](C)C3)c1C. The van der Waals surface area contributed by atoms with Gasteiger partial charge in [-0.05, 0) is 67.9 Å². The highest BCUT2D eigenvalue weighted by atomic mass is 32.1. The number of fused-ring (bicyclic) bond motifs is 1. The first-order valence-corrected chi connectivity index (χ1v) is 9.51. The number of hydrogen-bond acceptors (Lipinski definition) is 3. The molecule has 0 aliphatic heterocycles. The minimum atomic E-state index is -0.211. The molecule has 1 aliphatic carbocycles. The molecule has 1 atom stereocenters. The van der Waals surface area contributed by atoms with Crippen molar-refractivity contribution in [3.63, 3.8) is 0 Å². The fourth-order valence-corrected chi connectivity index (χ4v) is 4.27. The van der Waals surface area contributed by atoms with E-state index in [1.54, 1.807) is 11.3 Å². The summed E-state index contributed by atoms with van der Waals surface area (Å²) < 4.78 is 0. The summed E-state index contributed by atoms with van der Waals surface area (Å²) in [7, 11) is 0. The molecule has 132 valence electrons. The van der Waals surface area contributed by atoms with Crippen molar-refractivity contribution in [1.82, 2.24) is 5.32 Å². The zero-order valence-electron chi connectivity index (χ0n) is 14.9. The molecule has 0 saturated carbocycles. The predicted molar refractivity (Wildman–Crippen MR) is 102 cm³/mol. The van der Waals surface area contributed by atoms with E-state index < -0.39 is 0 Å². The fraction of sp³-hybridized carbons (Fsp3) is 0.400. The van der Waals surface area contributed by atoms with Crippen molar-refractivity contribution in [2.24, 2.45) is 5.92 Å². The van der Waals surface area contributed by atoms with Gasteiger partial charge in [-0.2, -0.15) is 0 Å². The maximum atomic E-state index is 12.3. The highest BCUT2D eigenvalue weighted by Gasteiger charge is 2.20. The summed E-state index contributed by atoms with van der Waals surface area (Å²) in [5.74, 6) is 0.307. The number of aryl methyl sites for hydroxylation is 2. The number of nitrogens with one attached hydrogen (secondary N) is 2. The van der Waals surface area contributed by atoms with E-state index in [1.165, 1.54) is 16.9 Å². The number of hydrogen-bond donors (Lipinski definition) is 2. The van der Waals surface area contributed by atoms with Crippen LogP contribution in [0.4, 0.5) is 5.69 Å². The number of carbonyl (C=O) groups excluding carboxylic acids is 2. The normalized spacial score (nSPS) is 16.2. The lowest BCUT2D eigenvalue weighted by atomic mass is 9.90. The van der Waals surface area contributed by atoms with Crippen LogP contribution in [0.25, 0.3) is 0 Å². The molecule has 0 spiro atoms. The van der Waals surface area contributed by atoms with E-state index in [1.807, 2.05) is 38.1 Å². The Morgan fingerprint density at radius 3 is 2.88 bits per heavy atom. The van der Waals surface area contributed by atoms with E-state index in [0.29, 0.717) is 10.8 Å². The lowest BCUT2D eigenvalue weighted by Gasteiger charge is -2.16. The van der Waals surface area contributed by atoms with E-state index in [0.717, 1.165) is 29.7 Å². The lowest BCUT2D eigenvalue weighted by Crippen LogP contribution is -2.32. The van der Waals surface area contributed by atoms with Crippen molar-refractivity contribution in [2.45, 2.75) is 40.0 Å². The summed E-state index contributed by atoms with van der Waals surface area (Å²) in [5, 5.41) is 5.60. The molecule has 0 unspecified atom stereocenters. The summed E-state index contributed by atoms with van der Waals surface area (Å²) >= 11 is 1.56. The number of anilines is 1. The Labute approximate surface area is 152 Å². The van der Waals surface area contributed by atoms with Crippen LogP contribution < -0.4 is 10.6 Å². The van der Waals surface area contributed by atoms with Gasteiger partial charge in [0.05, 0.1) is 11.4 Å². The number of amides is 2. The van der Waals surface area contributed by atoms with Gasteiger partial charge in [0.15, 0.2) is 0 Å². The van der Waals surface area contributed by atoms with Crippen molar-refractivity contribution < 1.29 is 9.59 Å². The van der Waals surface area contributed by atoms with Gasteiger partial charge >= 0.3 is 0 Å². The molecule has 1 heterocycles. The van der Waals surface area contributed by atoms with E-state index in [9.17, 15) is 9.59 Å². The van der Waals surface area contributed by atoms with Crippen LogP contribution >= 0.6 is 11.3 Å². The smallest absolute Gasteiger partial charge is 0.261 e. The van der Waals surface area contributed by atoms with Crippen LogP contribution in [0.15, 0.2) is 24.3 Å². The summed E-state index contributed by atoms with van der Waals surface area (Å²) in [6.45, 7) is 6.20. The second kappa shape index (κ2) is 7.40. The Morgan fingerprint density at radius 1 is 1.28 bits per heavy atom. The van der Waals surface area contributed by atoms with Crippen LogP contribution in [0.2, 0.25) is 0 Å². The highest BCUT2D eigenvalue weighted by molar-refractivity contribution is 7.14. The highest BCUT2D eigenvalue weighted by Crippen LogP contribution is 2.32. The molecule has 0 fully saturated rings. The van der Waals surface area contributed by atoms with E-state index in [4.69, 9.17) is 0 Å². The Balaban J connectivity index is 1.57. The second-order valence-corrected chi connectivity index (χ2v) is 8.02. The third-order valence-corrected chi connectivity index (χ3v) is 6.08. The van der Waals surface area contributed by atoms with Gasteiger partial charge in [-0.25, -0.2) is 0 Å². The van der Waals surface area contributed by atoms with Crippen molar-refractivity contribution in [3.8, 4) is 0 Å². The molecule has 1 aromatic heterocycles. The number of rotatable bonds is 4. The summed E-state index contributed by atoms with van der Waals surface area (Å²) in [5.41, 5.74) is 4.26. The first-order chi connectivity index (χ1) is 11.9. The van der Waals surface area contributed by atoms with Crippen molar-refractivity contribution in [1.29, 1.82) is 0 Å². The molecule has 2 amide bonds. The first kappa shape index (κ1) is 17.7. The first-order valence-electron chi connectivity index (χ1n) is 8.70. The molecule has 0 saturated heterocycles. The second-order valence-electron chi connectivity index (χ2n) is 6.89. The average molecular weight is 356 g/mol. The van der Waals surface area contributed by atoms with Crippen LogP contribution in [-0.2, 0) is 17.6 Å². The summed E-state index contributed by atoms with van der Waals surface area (Å²) in [4.78, 5) is 26.5. The standard InChI is InChI=1S/C20H24N2O2S/c1-12-7-8-17-15(9-12)10-18(25-17)20(24)21-11-19(23)22-16-6-4-5-13(2)14(16)3/h4-6,10,12H,7-9,11H2,1-3H3,(H,21,24)(H,22,23)/t12-/m0/s1. The largest absolute Gasteiger partial charge is 0.342 e. The van der Waals surface area contributed by atoms with Crippen LogP contribution in [-0.4, -0.2) is 18.4 Å². The predicted octanol–water partition coefficient (Wildman–Crippen LogP) is 3.86. The van der Waals surface area contributed by atoms with E-state index in [-0.39, 0.29) is 18.4 Å². The number of carbonyl (C=O) groups is 2. The summed E-state index contributed by atoms with van der Waals surface area (Å²) in [6, 6.07) is 7.78. The van der Waals surface area contributed by atoms with Gasteiger partial charge in [0.2, 0.25) is 5.91 Å². The Bertz CT molecular complexity index is 810. The Hall–Kier alpha value is -2.14. The molecule has 2 N–H and O–H groups in total.